The van der Waals surface area contributed by atoms with Crippen LogP contribution < -0.4 is 11.1 Å². The van der Waals surface area contributed by atoms with Crippen LogP contribution in [0.2, 0.25) is 10.0 Å². The standard InChI is InChI=1S/C17H18Cl2N2O/c1-17(2,3)11-6-4-10(5-7-11)16(22)21-15-13(19)8-12(18)9-14(15)20/h4-9H,20H2,1-3H3,(H,21,22). The highest BCUT2D eigenvalue weighted by molar-refractivity contribution is 6.37. The fraction of sp³-hybridized carbons (Fsp3) is 0.235. The summed E-state index contributed by atoms with van der Waals surface area (Å²) in [6.07, 6.45) is 0. The first-order chi connectivity index (χ1) is 10.2. The second-order valence-electron chi connectivity index (χ2n) is 6.13. The Kier molecular flexibility index (Phi) is 4.69. The number of carbonyl (C=O) groups is 1. The molecule has 0 aliphatic carbocycles. The second-order valence-corrected chi connectivity index (χ2v) is 6.98. The number of hydrogen-bond acceptors (Lipinski definition) is 2. The lowest BCUT2D eigenvalue weighted by Crippen LogP contribution is -2.15. The molecule has 0 saturated heterocycles. The molecule has 3 N–H and O–H groups in total. The van der Waals surface area contributed by atoms with Gasteiger partial charge in [-0.3, -0.25) is 4.79 Å². The average Bonchev–Trinajstić information content (AvgIpc) is 2.41. The van der Waals surface area contributed by atoms with Crippen LogP contribution in [0.3, 0.4) is 0 Å². The van der Waals surface area contributed by atoms with Gasteiger partial charge < -0.3 is 11.1 Å². The van der Waals surface area contributed by atoms with Gasteiger partial charge in [0.05, 0.1) is 16.4 Å². The molecule has 116 valence electrons. The minimum absolute atomic E-state index is 0.0406. The molecular formula is C17H18Cl2N2O. The van der Waals surface area contributed by atoms with E-state index in [1.54, 1.807) is 18.2 Å². The summed E-state index contributed by atoms with van der Waals surface area (Å²) in [6, 6.07) is 10.6. The maximum absolute atomic E-state index is 12.3. The molecule has 0 aromatic heterocycles. The quantitative estimate of drug-likeness (QED) is 0.747. The summed E-state index contributed by atoms with van der Waals surface area (Å²) in [5.41, 5.74) is 8.29. The monoisotopic (exact) mass is 336 g/mol. The number of nitrogen functional groups attached to an aromatic ring is 1. The lowest BCUT2D eigenvalue weighted by Gasteiger charge is -2.19. The van der Waals surface area contributed by atoms with Crippen molar-refractivity contribution < 1.29 is 4.79 Å². The topological polar surface area (TPSA) is 55.1 Å². The zero-order valence-corrected chi connectivity index (χ0v) is 14.2. The van der Waals surface area contributed by atoms with Crippen molar-refractivity contribution in [3.05, 3.63) is 57.6 Å². The molecule has 2 rings (SSSR count). The first-order valence-electron chi connectivity index (χ1n) is 6.85. The van der Waals surface area contributed by atoms with Crippen LogP contribution in [0.5, 0.6) is 0 Å². The molecule has 0 aliphatic heterocycles. The van der Waals surface area contributed by atoms with Gasteiger partial charge >= 0.3 is 0 Å². The van der Waals surface area contributed by atoms with Crippen LogP contribution in [-0.4, -0.2) is 5.91 Å². The van der Waals surface area contributed by atoms with Crippen molar-refractivity contribution in [3.63, 3.8) is 0 Å². The Balaban J connectivity index is 2.23. The summed E-state index contributed by atoms with van der Waals surface area (Å²) < 4.78 is 0. The van der Waals surface area contributed by atoms with Gasteiger partial charge in [0.1, 0.15) is 0 Å². The van der Waals surface area contributed by atoms with Crippen molar-refractivity contribution in [3.8, 4) is 0 Å². The van der Waals surface area contributed by atoms with E-state index in [1.165, 1.54) is 6.07 Å². The van der Waals surface area contributed by atoms with Crippen molar-refractivity contribution in [2.24, 2.45) is 0 Å². The molecule has 0 fully saturated rings. The Morgan fingerprint density at radius 1 is 1.09 bits per heavy atom. The Bertz CT molecular complexity index is 681. The molecule has 1 amide bonds. The fourth-order valence-corrected chi connectivity index (χ4v) is 2.59. The maximum Gasteiger partial charge on any atom is 0.255 e. The Labute approximate surface area is 140 Å². The molecule has 0 heterocycles. The number of halogens is 2. The molecule has 0 aliphatic rings. The summed E-state index contributed by atoms with van der Waals surface area (Å²) in [5.74, 6) is -0.267. The van der Waals surface area contributed by atoms with E-state index >= 15 is 0 Å². The summed E-state index contributed by atoms with van der Waals surface area (Å²) in [7, 11) is 0. The van der Waals surface area contributed by atoms with Gasteiger partial charge in [0.2, 0.25) is 0 Å². The van der Waals surface area contributed by atoms with Gasteiger partial charge in [-0.25, -0.2) is 0 Å². The number of benzene rings is 2. The number of amides is 1. The molecule has 0 bridgehead atoms. The lowest BCUT2D eigenvalue weighted by molar-refractivity contribution is 0.102. The third-order valence-electron chi connectivity index (χ3n) is 3.34. The Morgan fingerprint density at radius 2 is 1.68 bits per heavy atom. The highest BCUT2D eigenvalue weighted by atomic mass is 35.5. The zero-order valence-electron chi connectivity index (χ0n) is 12.7. The van der Waals surface area contributed by atoms with Gasteiger partial charge in [0.15, 0.2) is 0 Å². The number of hydrogen-bond donors (Lipinski definition) is 2. The van der Waals surface area contributed by atoms with Gasteiger partial charge in [-0.05, 0) is 35.2 Å². The number of nitrogens with one attached hydrogen (secondary N) is 1. The van der Waals surface area contributed by atoms with E-state index in [1.807, 2.05) is 12.1 Å². The van der Waals surface area contributed by atoms with E-state index in [4.69, 9.17) is 28.9 Å². The van der Waals surface area contributed by atoms with Crippen LogP contribution in [0.4, 0.5) is 11.4 Å². The van der Waals surface area contributed by atoms with Crippen LogP contribution in [0.15, 0.2) is 36.4 Å². The van der Waals surface area contributed by atoms with Crippen molar-refractivity contribution in [2.45, 2.75) is 26.2 Å². The number of rotatable bonds is 2. The summed E-state index contributed by atoms with van der Waals surface area (Å²) >= 11 is 11.9. The summed E-state index contributed by atoms with van der Waals surface area (Å²) in [5, 5.41) is 3.46. The molecule has 2 aromatic carbocycles. The number of carbonyl (C=O) groups excluding carboxylic acids is 1. The predicted molar refractivity (Wildman–Crippen MR) is 94.0 cm³/mol. The molecule has 0 atom stereocenters. The van der Waals surface area contributed by atoms with Crippen molar-refractivity contribution in [2.75, 3.05) is 11.1 Å². The van der Waals surface area contributed by atoms with Gasteiger partial charge in [-0.2, -0.15) is 0 Å². The fourth-order valence-electron chi connectivity index (χ4n) is 2.03. The molecule has 0 saturated carbocycles. The lowest BCUT2D eigenvalue weighted by atomic mass is 9.87. The highest BCUT2D eigenvalue weighted by Crippen LogP contribution is 2.32. The van der Waals surface area contributed by atoms with Crippen LogP contribution >= 0.6 is 23.2 Å². The van der Waals surface area contributed by atoms with Crippen LogP contribution in [0.25, 0.3) is 0 Å². The second kappa shape index (κ2) is 6.19. The molecule has 0 radical (unpaired) electrons. The number of anilines is 2. The number of nitrogens with two attached hydrogens (primary N) is 1. The van der Waals surface area contributed by atoms with Crippen LogP contribution in [-0.2, 0) is 5.41 Å². The van der Waals surface area contributed by atoms with Crippen LogP contribution in [0.1, 0.15) is 36.7 Å². The maximum atomic E-state index is 12.3. The Hall–Kier alpha value is -1.71. The minimum atomic E-state index is -0.267. The summed E-state index contributed by atoms with van der Waals surface area (Å²) in [6.45, 7) is 6.36. The van der Waals surface area contributed by atoms with Crippen molar-refractivity contribution >= 4 is 40.5 Å². The average molecular weight is 337 g/mol. The SMILES string of the molecule is CC(C)(C)c1ccc(C(=O)Nc2c(N)cc(Cl)cc2Cl)cc1. The molecule has 3 nitrogen and oxygen atoms in total. The van der Waals surface area contributed by atoms with E-state index in [2.05, 4.69) is 26.1 Å². The third kappa shape index (κ3) is 3.73. The normalized spacial score (nSPS) is 11.3. The zero-order chi connectivity index (χ0) is 16.5. The first-order valence-corrected chi connectivity index (χ1v) is 7.60. The Morgan fingerprint density at radius 3 is 2.18 bits per heavy atom. The smallest absolute Gasteiger partial charge is 0.255 e. The third-order valence-corrected chi connectivity index (χ3v) is 3.85. The van der Waals surface area contributed by atoms with E-state index in [0.29, 0.717) is 27.0 Å². The minimum Gasteiger partial charge on any atom is -0.397 e. The van der Waals surface area contributed by atoms with Crippen molar-refractivity contribution in [1.82, 2.24) is 0 Å². The van der Waals surface area contributed by atoms with Gasteiger partial charge in [0, 0.05) is 10.6 Å². The van der Waals surface area contributed by atoms with Crippen LogP contribution in [0, 0.1) is 0 Å². The molecule has 2 aromatic rings. The van der Waals surface area contributed by atoms with Gasteiger partial charge in [-0.1, -0.05) is 56.1 Å². The first kappa shape index (κ1) is 16.7. The molecule has 22 heavy (non-hydrogen) atoms. The summed E-state index contributed by atoms with van der Waals surface area (Å²) in [4.78, 5) is 12.3. The van der Waals surface area contributed by atoms with Gasteiger partial charge in [-0.15, -0.1) is 0 Å². The van der Waals surface area contributed by atoms with E-state index in [0.717, 1.165) is 5.56 Å². The van der Waals surface area contributed by atoms with E-state index in [9.17, 15) is 4.79 Å². The van der Waals surface area contributed by atoms with Crippen molar-refractivity contribution in [1.29, 1.82) is 0 Å². The predicted octanol–water partition coefficient (Wildman–Crippen LogP) is 5.13. The van der Waals surface area contributed by atoms with Gasteiger partial charge in [0.25, 0.3) is 5.91 Å². The molecule has 0 spiro atoms. The van der Waals surface area contributed by atoms with E-state index < -0.39 is 0 Å². The van der Waals surface area contributed by atoms with E-state index in [-0.39, 0.29) is 11.3 Å². The molecule has 5 heteroatoms. The molecule has 0 unspecified atom stereocenters. The molecular weight excluding hydrogens is 319 g/mol. The largest absolute Gasteiger partial charge is 0.397 e. The highest BCUT2D eigenvalue weighted by Gasteiger charge is 2.15.